The number of anilines is 1. The Morgan fingerprint density at radius 2 is 1.63 bits per heavy atom. The van der Waals surface area contributed by atoms with Crippen molar-refractivity contribution >= 4 is 11.4 Å². The molecule has 3 aromatic rings. The third kappa shape index (κ3) is 2.84. The van der Waals surface area contributed by atoms with E-state index in [-0.39, 0.29) is 23.1 Å². The minimum absolute atomic E-state index is 0.0205. The van der Waals surface area contributed by atoms with Crippen molar-refractivity contribution in [2.24, 2.45) is 5.92 Å². The second kappa shape index (κ2) is 6.58. The van der Waals surface area contributed by atoms with E-state index in [1.807, 2.05) is 24.3 Å². The maximum absolute atomic E-state index is 13.7. The molecule has 3 aromatic carbocycles. The van der Waals surface area contributed by atoms with E-state index < -0.39 is 22.7 Å². The monoisotopic (exact) mass is 410 g/mol. The number of non-ortho nitro benzene ring substituents is 1. The van der Waals surface area contributed by atoms with Gasteiger partial charge in [-0.1, -0.05) is 42.5 Å². The quantitative estimate of drug-likeness (QED) is 0.411. The van der Waals surface area contributed by atoms with Gasteiger partial charge in [0.05, 0.1) is 16.5 Å². The van der Waals surface area contributed by atoms with E-state index in [0.717, 1.165) is 22.8 Å². The molecule has 3 atom stereocenters. The van der Waals surface area contributed by atoms with Crippen LogP contribution in [0.15, 0.2) is 66.7 Å². The van der Waals surface area contributed by atoms with Crippen molar-refractivity contribution in [1.82, 2.24) is 0 Å². The summed E-state index contributed by atoms with van der Waals surface area (Å²) in [7, 11) is 0. The van der Waals surface area contributed by atoms with Gasteiger partial charge in [0.1, 0.15) is 0 Å². The minimum Gasteiger partial charge on any atom is -0.378 e. The van der Waals surface area contributed by atoms with Crippen LogP contribution in [0, 0.1) is 16.0 Å². The summed E-state index contributed by atoms with van der Waals surface area (Å²) in [5, 5.41) is 14.6. The van der Waals surface area contributed by atoms with E-state index in [2.05, 4.69) is 5.32 Å². The predicted octanol–water partition coefficient (Wildman–Crippen LogP) is 6.08. The number of alkyl halides is 3. The Kier molecular flexibility index (Phi) is 4.10. The van der Waals surface area contributed by atoms with Crippen molar-refractivity contribution in [3.63, 3.8) is 0 Å². The van der Waals surface area contributed by atoms with Gasteiger partial charge in [-0.25, -0.2) is 0 Å². The molecule has 5 rings (SSSR count). The van der Waals surface area contributed by atoms with E-state index >= 15 is 0 Å². The predicted molar refractivity (Wildman–Crippen MR) is 106 cm³/mol. The van der Waals surface area contributed by atoms with Gasteiger partial charge in [0.2, 0.25) is 0 Å². The largest absolute Gasteiger partial charge is 0.416 e. The van der Waals surface area contributed by atoms with E-state index in [0.29, 0.717) is 12.1 Å². The second-order valence-electron chi connectivity index (χ2n) is 7.78. The first-order chi connectivity index (χ1) is 14.3. The summed E-state index contributed by atoms with van der Waals surface area (Å²) >= 11 is 0. The highest BCUT2D eigenvalue weighted by Crippen LogP contribution is 2.55. The van der Waals surface area contributed by atoms with Gasteiger partial charge in [-0.2, -0.15) is 13.2 Å². The second-order valence-corrected chi connectivity index (χ2v) is 7.78. The summed E-state index contributed by atoms with van der Waals surface area (Å²) in [5.41, 5.74) is 3.04. The standard InChI is InChI=1S/C23H17F3N2O2/c24-23(25,26)19-8-4-3-7-16(19)22-18-11-13-5-1-2-6-15(13)21(18)17-12-14(28(29)30)9-10-20(17)27-22/h1-10,12,18,21-22,27H,11H2/t18-,21+,22+/m1/s1. The van der Waals surface area contributed by atoms with Crippen LogP contribution in [0.1, 0.15) is 39.8 Å². The molecule has 0 amide bonds. The number of nitro groups is 1. The smallest absolute Gasteiger partial charge is 0.378 e. The van der Waals surface area contributed by atoms with Gasteiger partial charge in [0.15, 0.2) is 0 Å². The minimum atomic E-state index is -4.46. The lowest BCUT2D eigenvalue weighted by Crippen LogP contribution is -2.32. The molecule has 7 heteroatoms. The van der Waals surface area contributed by atoms with Crippen LogP contribution in [0.25, 0.3) is 0 Å². The number of fused-ring (bicyclic) bond motifs is 5. The zero-order chi connectivity index (χ0) is 21.0. The van der Waals surface area contributed by atoms with Crippen molar-refractivity contribution in [3.05, 3.63) is 105 Å². The Morgan fingerprint density at radius 3 is 2.37 bits per heavy atom. The third-order valence-corrected chi connectivity index (χ3v) is 6.20. The molecule has 0 radical (unpaired) electrons. The lowest BCUT2D eigenvalue weighted by molar-refractivity contribution is -0.384. The number of nitro benzene ring substituents is 1. The summed E-state index contributed by atoms with van der Waals surface area (Å²) in [6, 6.07) is 17.4. The van der Waals surface area contributed by atoms with Gasteiger partial charge in [0.25, 0.3) is 5.69 Å². The van der Waals surface area contributed by atoms with Crippen molar-refractivity contribution in [2.45, 2.75) is 24.6 Å². The van der Waals surface area contributed by atoms with Gasteiger partial charge in [-0.15, -0.1) is 0 Å². The topological polar surface area (TPSA) is 55.2 Å². The van der Waals surface area contributed by atoms with Crippen molar-refractivity contribution in [3.8, 4) is 0 Å². The zero-order valence-electron chi connectivity index (χ0n) is 15.7. The maximum Gasteiger partial charge on any atom is 0.416 e. The molecular weight excluding hydrogens is 393 g/mol. The average molecular weight is 410 g/mol. The summed E-state index contributed by atoms with van der Waals surface area (Å²) in [6.07, 6.45) is -3.86. The fourth-order valence-electron chi connectivity index (χ4n) is 5.00. The van der Waals surface area contributed by atoms with Crippen molar-refractivity contribution < 1.29 is 18.1 Å². The Bertz CT molecular complexity index is 1160. The average Bonchev–Trinajstić information content (AvgIpc) is 3.12. The summed E-state index contributed by atoms with van der Waals surface area (Å²) in [4.78, 5) is 10.9. The SMILES string of the molecule is O=[N+]([O-])c1ccc2c(c1)[C@@H]1c3ccccc3C[C@H]1[C@H](c1ccccc1C(F)(F)F)N2. The lowest BCUT2D eigenvalue weighted by atomic mass is 9.74. The normalized spacial score (nSPS) is 21.9. The van der Waals surface area contributed by atoms with Crippen LogP contribution < -0.4 is 5.32 Å². The van der Waals surface area contributed by atoms with E-state index in [4.69, 9.17) is 0 Å². The van der Waals surface area contributed by atoms with Gasteiger partial charge < -0.3 is 5.32 Å². The molecule has 0 spiro atoms. The number of hydrogen-bond acceptors (Lipinski definition) is 3. The van der Waals surface area contributed by atoms with Crippen LogP contribution in [-0.2, 0) is 12.6 Å². The molecule has 1 aliphatic heterocycles. The molecule has 1 heterocycles. The van der Waals surface area contributed by atoms with Crippen LogP contribution in [-0.4, -0.2) is 4.92 Å². The molecule has 0 saturated heterocycles. The Balaban J connectivity index is 1.70. The number of nitrogens with one attached hydrogen (secondary N) is 1. The van der Waals surface area contributed by atoms with Gasteiger partial charge in [0, 0.05) is 23.7 Å². The highest BCUT2D eigenvalue weighted by molar-refractivity contribution is 5.65. The van der Waals surface area contributed by atoms with Gasteiger partial charge in [-0.3, -0.25) is 10.1 Å². The Morgan fingerprint density at radius 1 is 0.933 bits per heavy atom. The molecule has 152 valence electrons. The molecule has 1 N–H and O–H groups in total. The van der Waals surface area contributed by atoms with Crippen LogP contribution in [0.2, 0.25) is 0 Å². The van der Waals surface area contributed by atoms with Gasteiger partial charge >= 0.3 is 6.18 Å². The van der Waals surface area contributed by atoms with E-state index in [1.165, 1.54) is 18.2 Å². The van der Waals surface area contributed by atoms with E-state index in [9.17, 15) is 23.3 Å². The molecule has 2 aliphatic rings. The fraction of sp³-hybridized carbons (Fsp3) is 0.217. The molecule has 0 aromatic heterocycles. The fourth-order valence-corrected chi connectivity index (χ4v) is 5.00. The Hall–Kier alpha value is -3.35. The number of rotatable bonds is 2. The van der Waals surface area contributed by atoms with Crippen LogP contribution in [0.3, 0.4) is 0 Å². The first-order valence-electron chi connectivity index (χ1n) is 9.63. The summed E-state index contributed by atoms with van der Waals surface area (Å²) < 4.78 is 41.2. The zero-order valence-corrected chi connectivity index (χ0v) is 15.7. The molecule has 4 nitrogen and oxygen atoms in total. The first kappa shape index (κ1) is 18.7. The highest BCUT2D eigenvalue weighted by atomic mass is 19.4. The van der Waals surface area contributed by atoms with E-state index in [1.54, 1.807) is 18.2 Å². The molecule has 0 saturated carbocycles. The van der Waals surface area contributed by atoms with Crippen LogP contribution in [0.4, 0.5) is 24.5 Å². The van der Waals surface area contributed by atoms with Crippen molar-refractivity contribution in [2.75, 3.05) is 5.32 Å². The number of benzene rings is 3. The molecule has 30 heavy (non-hydrogen) atoms. The van der Waals surface area contributed by atoms with Crippen LogP contribution in [0.5, 0.6) is 0 Å². The summed E-state index contributed by atoms with van der Waals surface area (Å²) in [6.45, 7) is 0. The molecule has 0 bridgehead atoms. The first-order valence-corrected chi connectivity index (χ1v) is 9.63. The highest BCUT2D eigenvalue weighted by Gasteiger charge is 2.46. The number of nitrogens with zero attached hydrogens (tertiary/aromatic N) is 1. The summed E-state index contributed by atoms with van der Waals surface area (Å²) in [5.74, 6) is -0.385. The lowest BCUT2D eigenvalue weighted by Gasteiger charge is -2.38. The number of halogens is 3. The molecular formula is C23H17F3N2O2. The van der Waals surface area contributed by atoms with Crippen LogP contribution >= 0.6 is 0 Å². The Labute approximate surface area is 170 Å². The number of hydrogen-bond donors (Lipinski definition) is 1. The third-order valence-electron chi connectivity index (χ3n) is 6.20. The van der Waals surface area contributed by atoms with Gasteiger partial charge in [-0.05, 0) is 46.7 Å². The molecule has 0 fully saturated rings. The molecule has 1 aliphatic carbocycles. The van der Waals surface area contributed by atoms with Crippen molar-refractivity contribution in [1.29, 1.82) is 0 Å². The maximum atomic E-state index is 13.7. The molecule has 0 unspecified atom stereocenters.